The second-order valence-electron chi connectivity index (χ2n) is 6.65. The zero-order chi connectivity index (χ0) is 15.2. The lowest BCUT2D eigenvalue weighted by molar-refractivity contribution is 0.307. The quantitative estimate of drug-likeness (QED) is 0.776. The van der Waals surface area contributed by atoms with E-state index >= 15 is 0 Å². The van der Waals surface area contributed by atoms with Crippen molar-refractivity contribution in [2.24, 2.45) is 11.3 Å². The van der Waals surface area contributed by atoms with Gasteiger partial charge in [-0.2, -0.15) is 0 Å². The van der Waals surface area contributed by atoms with Gasteiger partial charge in [-0.15, -0.1) is 0 Å². The predicted octanol–water partition coefficient (Wildman–Crippen LogP) is 4.04. The van der Waals surface area contributed by atoms with Crippen LogP contribution in [0.5, 0.6) is 5.75 Å². The van der Waals surface area contributed by atoms with Gasteiger partial charge in [-0.05, 0) is 42.3 Å². The number of hydrogen-bond donors (Lipinski definition) is 1. The zero-order valence-electron chi connectivity index (χ0n) is 13.4. The van der Waals surface area contributed by atoms with E-state index in [1.807, 2.05) is 12.1 Å². The minimum absolute atomic E-state index is 0.168. The highest BCUT2D eigenvalue weighted by molar-refractivity contribution is 5.29. The summed E-state index contributed by atoms with van der Waals surface area (Å²) in [4.78, 5) is 0. The Bertz CT molecular complexity index is 415. The van der Waals surface area contributed by atoms with Gasteiger partial charge in [0.15, 0.2) is 0 Å². The molecule has 0 aliphatic carbocycles. The zero-order valence-corrected chi connectivity index (χ0v) is 13.4. The van der Waals surface area contributed by atoms with Crippen molar-refractivity contribution in [3.05, 3.63) is 29.6 Å². The van der Waals surface area contributed by atoms with Crippen molar-refractivity contribution in [3.63, 3.8) is 0 Å². The molecule has 1 aromatic rings. The molecule has 0 fully saturated rings. The van der Waals surface area contributed by atoms with Gasteiger partial charge in [-0.3, -0.25) is 0 Å². The van der Waals surface area contributed by atoms with Crippen LogP contribution in [0, 0.1) is 17.2 Å². The SMILES string of the molecule is COc1ccc(CCC(C)(C)CNCC(C)C)c(F)c1. The summed E-state index contributed by atoms with van der Waals surface area (Å²) in [6.45, 7) is 10.8. The van der Waals surface area contributed by atoms with E-state index in [0.717, 1.165) is 31.5 Å². The molecule has 0 spiro atoms. The summed E-state index contributed by atoms with van der Waals surface area (Å²) in [6.07, 6.45) is 1.72. The van der Waals surface area contributed by atoms with Crippen LogP contribution in [0.2, 0.25) is 0 Å². The molecule has 3 heteroatoms. The third-order valence-corrected chi connectivity index (χ3v) is 3.49. The molecule has 0 atom stereocenters. The summed E-state index contributed by atoms with van der Waals surface area (Å²) < 4.78 is 18.9. The Balaban J connectivity index is 2.48. The average Bonchev–Trinajstić information content (AvgIpc) is 2.36. The van der Waals surface area contributed by atoms with Crippen LogP contribution < -0.4 is 10.1 Å². The van der Waals surface area contributed by atoms with Gasteiger partial charge in [0.05, 0.1) is 7.11 Å². The number of hydrogen-bond acceptors (Lipinski definition) is 2. The smallest absolute Gasteiger partial charge is 0.130 e. The van der Waals surface area contributed by atoms with E-state index in [0.29, 0.717) is 11.7 Å². The van der Waals surface area contributed by atoms with Crippen molar-refractivity contribution in [3.8, 4) is 5.75 Å². The van der Waals surface area contributed by atoms with Crippen LogP contribution in [0.15, 0.2) is 18.2 Å². The first-order valence-corrected chi connectivity index (χ1v) is 7.37. The molecule has 1 N–H and O–H groups in total. The Kier molecular flexibility index (Phi) is 6.47. The summed E-state index contributed by atoms with van der Waals surface area (Å²) in [6, 6.07) is 5.10. The monoisotopic (exact) mass is 281 g/mol. The molecule has 2 nitrogen and oxygen atoms in total. The first-order valence-electron chi connectivity index (χ1n) is 7.37. The molecule has 0 aromatic heterocycles. The van der Waals surface area contributed by atoms with E-state index in [1.54, 1.807) is 7.11 Å². The lowest BCUT2D eigenvalue weighted by Gasteiger charge is -2.26. The van der Waals surface area contributed by atoms with Gasteiger partial charge >= 0.3 is 0 Å². The highest BCUT2D eigenvalue weighted by Crippen LogP contribution is 2.24. The third-order valence-electron chi connectivity index (χ3n) is 3.49. The summed E-state index contributed by atoms with van der Waals surface area (Å²) in [5.41, 5.74) is 0.934. The number of benzene rings is 1. The molecule has 0 unspecified atom stereocenters. The molecule has 0 saturated heterocycles. The van der Waals surface area contributed by atoms with Gasteiger partial charge in [0.1, 0.15) is 11.6 Å². The van der Waals surface area contributed by atoms with Gasteiger partial charge in [0.25, 0.3) is 0 Å². The maximum Gasteiger partial charge on any atom is 0.130 e. The number of rotatable bonds is 8. The summed E-state index contributed by atoms with van der Waals surface area (Å²) >= 11 is 0. The molecule has 1 rings (SSSR count). The molecule has 0 saturated carbocycles. The van der Waals surface area contributed by atoms with E-state index in [2.05, 4.69) is 33.0 Å². The molecule has 0 radical (unpaired) electrons. The Labute approximate surface area is 122 Å². The molecular formula is C17H28FNO. The van der Waals surface area contributed by atoms with Crippen molar-refractivity contribution >= 4 is 0 Å². The van der Waals surface area contributed by atoms with E-state index in [9.17, 15) is 4.39 Å². The fourth-order valence-corrected chi connectivity index (χ4v) is 2.12. The molecule has 0 aliphatic heterocycles. The van der Waals surface area contributed by atoms with Crippen LogP contribution in [-0.2, 0) is 6.42 Å². The summed E-state index contributed by atoms with van der Waals surface area (Å²) in [5.74, 6) is 1.06. The largest absolute Gasteiger partial charge is 0.497 e. The lowest BCUT2D eigenvalue weighted by atomic mass is 9.86. The van der Waals surface area contributed by atoms with Crippen molar-refractivity contribution < 1.29 is 9.13 Å². The van der Waals surface area contributed by atoms with Crippen LogP contribution in [0.1, 0.15) is 39.7 Å². The van der Waals surface area contributed by atoms with E-state index in [-0.39, 0.29) is 11.2 Å². The lowest BCUT2D eigenvalue weighted by Crippen LogP contribution is -2.32. The van der Waals surface area contributed by atoms with Crippen LogP contribution in [0.25, 0.3) is 0 Å². The average molecular weight is 281 g/mol. The molecule has 0 aliphatic rings. The first kappa shape index (κ1) is 17.0. The summed E-state index contributed by atoms with van der Waals surface area (Å²) in [5, 5.41) is 3.48. The van der Waals surface area contributed by atoms with E-state index < -0.39 is 0 Å². The minimum atomic E-state index is -0.171. The van der Waals surface area contributed by atoms with Crippen molar-refractivity contribution in [2.45, 2.75) is 40.5 Å². The topological polar surface area (TPSA) is 21.3 Å². The maximum atomic E-state index is 13.9. The molecule has 1 aromatic carbocycles. The van der Waals surface area contributed by atoms with Crippen LogP contribution >= 0.6 is 0 Å². The van der Waals surface area contributed by atoms with E-state index in [4.69, 9.17) is 4.74 Å². The Morgan fingerprint density at radius 2 is 2.00 bits per heavy atom. The molecule has 0 bridgehead atoms. The van der Waals surface area contributed by atoms with Crippen LogP contribution in [-0.4, -0.2) is 20.2 Å². The third kappa shape index (κ3) is 5.91. The second kappa shape index (κ2) is 7.63. The number of aryl methyl sites for hydroxylation is 1. The number of methoxy groups -OCH3 is 1. The van der Waals surface area contributed by atoms with Gasteiger partial charge < -0.3 is 10.1 Å². The summed E-state index contributed by atoms with van der Waals surface area (Å²) in [7, 11) is 1.55. The standard InChI is InChI=1S/C17H28FNO/c1-13(2)11-19-12-17(3,4)9-8-14-6-7-15(20-5)10-16(14)18/h6-7,10,13,19H,8-9,11-12H2,1-5H3. The highest BCUT2D eigenvalue weighted by Gasteiger charge is 2.18. The van der Waals surface area contributed by atoms with Crippen molar-refractivity contribution in [2.75, 3.05) is 20.2 Å². The second-order valence-corrected chi connectivity index (χ2v) is 6.65. The van der Waals surface area contributed by atoms with E-state index in [1.165, 1.54) is 6.07 Å². The fraction of sp³-hybridized carbons (Fsp3) is 0.647. The fourth-order valence-electron chi connectivity index (χ4n) is 2.12. The predicted molar refractivity (Wildman–Crippen MR) is 82.8 cm³/mol. The molecule has 0 heterocycles. The van der Waals surface area contributed by atoms with Gasteiger partial charge in [0, 0.05) is 12.6 Å². The van der Waals surface area contributed by atoms with Crippen molar-refractivity contribution in [1.82, 2.24) is 5.32 Å². The molecular weight excluding hydrogens is 253 g/mol. The molecule has 114 valence electrons. The van der Waals surface area contributed by atoms with Crippen LogP contribution in [0.3, 0.4) is 0 Å². The van der Waals surface area contributed by atoms with Crippen molar-refractivity contribution in [1.29, 1.82) is 0 Å². The molecule has 0 amide bonds. The van der Waals surface area contributed by atoms with Crippen LogP contribution in [0.4, 0.5) is 4.39 Å². The number of halogens is 1. The highest BCUT2D eigenvalue weighted by atomic mass is 19.1. The minimum Gasteiger partial charge on any atom is -0.497 e. The Morgan fingerprint density at radius 3 is 2.55 bits per heavy atom. The van der Waals surface area contributed by atoms with Gasteiger partial charge in [-0.1, -0.05) is 33.8 Å². The Hall–Kier alpha value is -1.09. The first-order chi connectivity index (χ1) is 9.34. The van der Waals surface area contributed by atoms with Gasteiger partial charge in [-0.25, -0.2) is 4.39 Å². The molecule has 20 heavy (non-hydrogen) atoms. The normalized spacial score (nSPS) is 11.9. The number of ether oxygens (including phenoxy) is 1. The van der Waals surface area contributed by atoms with Gasteiger partial charge in [0.2, 0.25) is 0 Å². The Morgan fingerprint density at radius 1 is 1.30 bits per heavy atom. The maximum absolute atomic E-state index is 13.9. The number of nitrogens with one attached hydrogen (secondary N) is 1.